The summed E-state index contributed by atoms with van der Waals surface area (Å²) in [6, 6.07) is 5.35. The number of amides is 1. The van der Waals surface area contributed by atoms with E-state index in [0.717, 1.165) is 44.1 Å². The Morgan fingerprint density at radius 2 is 1.89 bits per heavy atom. The summed E-state index contributed by atoms with van der Waals surface area (Å²) >= 11 is 0. The van der Waals surface area contributed by atoms with Crippen LogP contribution in [0.2, 0.25) is 0 Å². The number of ether oxygens (including phenoxy) is 2. The van der Waals surface area contributed by atoms with Gasteiger partial charge in [-0.2, -0.15) is 0 Å². The Morgan fingerprint density at radius 1 is 1.15 bits per heavy atom. The second kappa shape index (κ2) is 10.9. The van der Waals surface area contributed by atoms with Crippen molar-refractivity contribution in [2.45, 2.75) is 64.3 Å². The quantitative estimate of drug-likeness (QED) is 0.400. The lowest BCUT2D eigenvalue weighted by Gasteiger charge is -2.29. The fourth-order valence-electron chi connectivity index (χ4n) is 3.65. The Labute approximate surface area is 160 Å². The van der Waals surface area contributed by atoms with Crippen molar-refractivity contribution < 1.29 is 23.5 Å². The van der Waals surface area contributed by atoms with E-state index in [1.807, 2.05) is 0 Å². The monoisotopic (exact) mass is 379 g/mol. The standard InChI is InChI=1S/C21H30FNO4/c1-15(24)27-19-11-8-17(13-20(19)26-2)14-21(25)23-18-9-6-16(7-10-18)5-3-4-12-22/h8,11,13,16,18H,3-7,9-10,12,14H2,1-2H3,(H,23,25)/t16-,18+. The lowest BCUT2D eigenvalue weighted by atomic mass is 9.83. The van der Waals surface area contributed by atoms with Crippen LogP contribution in [-0.4, -0.2) is 31.7 Å². The van der Waals surface area contributed by atoms with Crippen LogP contribution < -0.4 is 14.8 Å². The number of hydrogen-bond donors (Lipinski definition) is 1. The molecule has 0 bridgehead atoms. The summed E-state index contributed by atoms with van der Waals surface area (Å²) < 4.78 is 22.5. The van der Waals surface area contributed by atoms with E-state index in [1.54, 1.807) is 18.2 Å². The Kier molecular flexibility index (Phi) is 8.55. The second-order valence-electron chi connectivity index (χ2n) is 7.23. The van der Waals surface area contributed by atoms with E-state index >= 15 is 0 Å². The van der Waals surface area contributed by atoms with Gasteiger partial charge in [-0.05, 0) is 55.7 Å². The predicted octanol–water partition coefficient (Wildman–Crippen LogP) is 3.98. The van der Waals surface area contributed by atoms with Gasteiger partial charge in [0.25, 0.3) is 0 Å². The number of nitrogens with one attached hydrogen (secondary N) is 1. The second-order valence-corrected chi connectivity index (χ2v) is 7.23. The Balaban J connectivity index is 1.80. The van der Waals surface area contributed by atoms with Crippen LogP contribution in [0.5, 0.6) is 11.5 Å². The van der Waals surface area contributed by atoms with Gasteiger partial charge in [0.2, 0.25) is 5.91 Å². The van der Waals surface area contributed by atoms with Crippen LogP contribution in [0.15, 0.2) is 18.2 Å². The molecule has 1 fully saturated rings. The van der Waals surface area contributed by atoms with E-state index in [2.05, 4.69) is 5.32 Å². The summed E-state index contributed by atoms with van der Waals surface area (Å²) in [5.41, 5.74) is 0.806. The van der Waals surface area contributed by atoms with E-state index in [0.29, 0.717) is 23.8 Å². The van der Waals surface area contributed by atoms with Gasteiger partial charge in [0.1, 0.15) is 0 Å². The molecule has 1 saturated carbocycles. The van der Waals surface area contributed by atoms with Gasteiger partial charge in [0.15, 0.2) is 11.5 Å². The predicted molar refractivity (Wildman–Crippen MR) is 102 cm³/mol. The van der Waals surface area contributed by atoms with Gasteiger partial charge in [-0.15, -0.1) is 0 Å². The molecule has 2 rings (SSSR count). The summed E-state index contributed by atoms with van der Waals surface area (Å²) in [5.74, 6) is 1.02. The number of halogens is 1. The molecule has 6 heteroatoms. The molecule has 5 nitrogen and oxygen atoms in total. The summed E-state index contributed by atoms with van der Waals surface area (Å²) in [4.78, 5) is 23.5. The highest BCUT2D eigenvalue weighted by Gasteiger charge is 2.22. The number of benzene rings is 1. The maximum atomic E-state index is 12.4. The smallest absolute Gasteiger partial charge is 0.308 e. The Morgan fingerprint density at radius 3 is 2.52 bits per heavy atom. The molecule has 27 heavy (non-hydrogen) atoms. The van der Waals surface area contributed by atoms with E-state index < -0.39 is 5.97 Å². The molecule has 0 aliphatic heterocycles. The fraction of sp³-hybridized carbons (Fsp3) is 0.619. The van der Waals surface area contributed by atoms with Gasteiger partial charge in [0, 0.05) is 13.0 Å². The third-order valence-corrected chi connectivity index (χ3v) is 5.05. The number of carbonyl (C=O) groups excluding carboxylic acids is 2. The van der Waals surface area contributed by atoms with E-state index in [9.17, 15) is 14.0 Å². The van der Waals surface area contributed by atoms with Crippen molar-refractivity contribution in [3.8, 4) is 11.5 Å². The average molecular weight is 379 g/mol. The summed E-state index contributed by atoms with van der Waals surface area (Å²) in [6.07, 6.45) is 7.15. The van der Waals surface area contributed by atoms with Crippen LogP contribution in [-0.2, 0) is 16.0 Å². The van der Waals surface area contributed by atoms with Gasteiger partial charge in [-0.1, -0.05) is 18.9 Å². The first-order valence-electron chi connectivity index (χ1n) is 9.72. The maximum Gasteiger partial charge on any atom is 0.308 e. The average Bonchev–Trinajstić information content (AvgIpc) is 2.64. The first-order valence-corrected chi connectivity index (χ1v) is 9.72. The van der Waals surface area contributed by atoms with Crippen molar-refractivity contribution in [3.05, 3.63) is 23.8 Å². The molecule has 1 amide bonds. The molecular weight excluding hydrogens is 349 g/mol. The third-order valence-electron chi connectivity index (χ3n) is 5.05. The lowest BCUT2D eigenvalue weighted by Crippen LogP contribution is -2.38. The third kappa shape index (κ3) is 7.19. The lowest BCUT2D eigenvalue weighted by molar-refractivity contribution is -0.132. The highest BCUT2D eigenvalue weighted by molar-refractivity contribution is 5.79. The molecule has 0 heterocycles. The van der Waals surface area contributed by atoms with Crippen LogP contribution in [0.3, 0.4) is 0 Å². The van der Waals surface area contributed by atoms with Crippen molar-refractivity contribution in [3.63, 3.8) is 0 Å². The highest BCUT2D eigenvalue weighted by atomic mass is 19.1. The highest BCUT2D eigenvalue weighted by Crippen LogP contribution is 2.30. The molecular formula is C21H30FNO4. The number of hydrogen-bond acceptors (Lipinski definition) is 4. The number of rotatable bonds is 9. The van der Waals surface area contributed by atoms with Crippen LogP contribution in [0.1, 0.15) is 57.4 Å². The number of esters is 1. The molecule has 1 N–H and O–H groups in total. The first kappa shape index (κ1) is 21.2. The molecule has 0 aromatic heterocycles. The Bertz CT molecular complexity index is 627. The minimum Gasteiger partial charge on any atom is -0.493 e. The molecule has 1 aliphatic carbocycles. The van der Waals surface area contributed by atoms with Crippen molar-refractivity contribution in [1.29, 1.82) is 0 Å². The number of alkyl halides is 1. The molecule has 0 radical (unpaired) electrons. The van der Waals surface area contributed by atoms with Crippen LogP contribution >= 0.6 is 0 Å². The van der Waals surface area contributed by atoms with Crippen molar-refractivity contribution in [2.24, 2.45) is 5.92 Å². The summed E-state index contributed by atoms with van der Waals surface area (Å²) in [6.45, 7) is 1.11. The summed E-state index contributed by atoms with van der Waals surface area (Å²) in [5, 5.41) is 3.11. The zero-order valence-corrected chi connectivity index (χ0v) is 16.3. The van der Waals surface area contributed by atoms with Crippen molar-refractivity contribution in [1.82, 2.24) is 5.32 Å². The SMILES string of the molecule is COc1cc(CC(=O)N[C@H]2CC[C@@H](CCCCF)CC2)ccc1OC(C)=O. The molecule has 0 atom stereocenters. The largest absolute Gasteiger partial charge is 0.493 e. The van der Waals surface area contributed by atoms with Gasteiger partial charge >= 0.3 is 5.97 Å². The Hall–Kier alpha value is -2.11. The van der Waals surface area contributed by atoms with Gasteiger partial charge in [0.05, 0.1) is 20.2 Å². The zero-order valence-electron chi connectivity index (χ0n) is 16.3. The molecule has 0 spiro atoms. The van der Waals surface area contributed by atoms with Crippen LogP contribution in [0.25, 0.3) is 0 Å². The normalized spacial score (nSPS) is 19.4. The van der Waals surface area contributed by atoms with Crippen molar-refractivity contribution >= 4 is 11.9 Å². The molecule has 150 valence electrons. The van der Waals surface area contributed by atoms with Gasteiger partial charge < -0.3 is 14.8 Å². The topological polar surface area (TPSA) is 64.6 Å². The van der Waals surface area contributed by atoms with Gasteiger partial charge in [-0.3, -0.25) is 14.0 Å². The first-order chi connectivity index (χ1) is 13.0. The van der Waals surface area contributed by atoms with E-state index in [-0.39, 0.29) is 25.0 Å². The molecule has 1 aromatic carbocycles. The molecule has 0 saturated heterocycles. The number of unbranched alkanes of at least 4 members (excludes halogenated alkanes) is 1. The molecule has 0 unspecified atom stereocenters. The fourth-order valence-corrected chi connectivity index (χ4v) is 3.65. The van der Waals surface area contributed by atoms with Crippen molar-refractivity contribution in [2.75, 3.05) is 13.8 Å². The van der Waals surface area contributed by atoms with Crippen LogP contribution in [0.4, 0.5) is 4.39 Å². The summed E-state index contributed by atoms with van der Waals surface area (Å²) in [7, 11) is 1.50. The van der Waals surface area contributed by atoms with Gasteiger partial charge in [-0.25, -0.2) is 0 Å². The maximum absolute atomic E-state index is 12.4. The molecule has 1 aliphatic rings. The molecule has 1 aromatic rings. The van der Waals surface area contributed by atoms with E-state index in [1.165, 1.54) is 14.0 Å². The number of methoxy groups -OCH3 is 1. The minimum atomic E-state index is -0.418. The minimum absolute atomic E-state index is 0.0156. The van der Waals surface area contributed by atoms with Crippen LogP contribution in [0, 0.1) is 5.92 Å². The van der Waals surface area contributed by atoms with E-state index in [4.69, 9.17) is 9.47 Å². The zero-order chi connectivity index (χ0) is 19.6. The number of carbonyl (C=O) groups is 2.